The van der Waals surface area contributed by atoms with Crippen molar-refractivity contribution in [3.8, 4) is 5.69 Å². The van der Waals surface area contributed by atoms with Gasteiger partial charge in [-0.1, -0.05) is 17.8 Å². The number of benzene rings is 1. The van der Waals surface area contributed by atoms with Crippen LogP contribution in [0.2, 0.25) is 0 Å². The molecule has 1 aliphatic rings. The number of thioether (sulfide) groups is 1. The molecular formula is C16H20N6O4S2. The second-order valence-corrected chi connectivity index (χ2v) is 9.97. The van der Waals surface area contributed by atoms with Crippen LogP contribution in [0.1, 0.15) is 20.3 Å². The minimum Gasteiger partial charge on any atom is -0.349 e. The second kappa shape index (κ2) is 7.87. The van der Waals surface area contributed by atoms with Crippen LogP contribution in [0.5, 0.6) is 0 Å². The topological polar surface area (TPSA) is 136 Å². The van der Waals surface area contributed by atoms with Crippen LogP contribution in [0.3, 0.4) is 0 Å². The van der Waals surface area contributed by atoms with E-state index in [1.54, 1.807) is 31.2 Å². The number of hydrogen-bond donors (Lipinski definition) is 2. The molecule has 1 atom stereocenters. The average Bonchev–Trinajstić information content (AvgIpc) is 3.16. The van der Waals surface area contributed by atoms with Crippen LogP contribution >= 0.6 is 11.8 Å². The molecule has 0 aliphatic carbocycles. The maximum Gasteiger partial charge on any atom is 0.230 e. The van der Waals surface area contributed by atoms with Gasteiger partial charge in [-0.3, -0.25) is 9.59 Å². The highest BCUT2D eigenvalue weighted by molar-refractivity contribution is 7.99. The van der Waals surface area contributed by atoms with Crippen molar-refractivity contribution in [1.29, 1.82) is 0 Å². The highest BCUT2D eigenvalue weighted by atomic mass is 32.2. The Morgan fingerprint density at radius 3 is 2.82 bits per heavy atom. The summed E-state index contributed by atoms with van der Waals surface area (Å²) in [6.45, 7) is 3.15. The van der Waals surface area contributed by atoms with E-state index in [1.165, 1.54) is 11.6 Å². The number of nitrogens with zero attached hydrogens (tertiary/aromatic N) is 4. The second-order valence-electron chi connectivity index (χ2n) is 6.84. The largest absolute Gasteiger partial charge is 0.349 e. The van der Waals surface area contributed by atoms with Crippen molar-refractivity contribution in [1.82, 2.24) is 25.5 Å². The van der Waals surface area contributed by atoms with Gasteiger partial charge in [-0.15, -0.1) is 5.10 Å². The lowest BCUT2D eigenvalue weighted by molar-refractivity contribution is -0.120. The number of carbonyl (C=O) groups is 2. The molecule has 2 amide bonds. The number of carbonyl (C=O) groups excluding carboxylic acids is 2. The van der Waals surface area contributed by atoms with Crippen LogP contribution in [0.15, 0.2) is 29.4 Å². The van der Waals surface area contributed by atoms with Gasteiger partial charge in [-0.05, 0) is 42.0 Å². The first-order chi connectivity index (χ1) is 13.2. The fraction of sp³-hybridized carbons (Fsp3) is 0.438. The maximum absolute atomic E-state index is 12.3. The van der Waals surface area contributed by atoms with E-state index < -0.39 is 15.4 Å². The van der Waals surface area contributed by atoms with Crippen molar-refractivity contribution in [2.75, 3.05) is 22.6 Å². The molecule has 1 unspecified atom stereocenters. The van der Waals surface area contributed by atoms with E-state index >= 15 is 0 Å². The molecule has 1 aliphatic heterocycles. The van der Waals surface area contributed by atoms with E-state index in [0.29, 0.717) is 23.0 Å². The zero-order chi connectivity index (χ0) is 20.4. The Labute approximate surface area is 166 Å². The lowest BCUT2D eigenvalue weighted by atomic mass is 10.0. The molecule has 1 saturated heterocycles. The predicted molar refractivity (Wildman–Crippen MR) is 104 cm³/mol. The van der Waals surface area contributed by atoms with Crippen LogP contribution in [0.4, 0.5) is 5.69 Å². The van der Waals surface area contributed by atoms with Crippen molar-refractivity contribution in [2.24, 2.45) is 0 Å². The number of anilines is 1. The van der Waals surface area contributed by atoms with Gasteiger partial charge in [0.25, 0.3) is 0 Å². The number of sulfone groups is 1. The van der Waals surface area contributed by atoms with Gasteiger partial charge in [0.1, 0.15) is 0 Å². The maximum atomic E-state index is 12.3. The minimum absolute atomic E-state index is 0.0431. The minimum atomic E-state index is -3.10. The summed E-state index contributed by atoms with van der Waals surface area (Å²) in [4.78, 5) is 23.5. The summed E-state index contributed by atoms with van der Waals surface area (Å²) >= 11 is 1.14. The Hall–Kier alpha value is -2.47. The number of rotatable bonds is 6. The quantitative estimate of drug-likeness (QED) is 0.636. The normalized spacial score (nSPS) is 20.6. The Balaban J connectivity index is 1.65. The predicted octanol–water partition coefficient (Wildman–Crippen LogP) is 0.406. The number of aromatic nitrogens is 4. The molecule has 28 heavy (non-hydrogen) atoms. The van der Waals surface area contributed by atoms with Gasteiger partial charge in [0.05, 0.1) is 28.5 Å². The molecule has 0 bridgehead atoms. The van der Waals surface area contributed by atoms with Crippen LogP contribution in [0, 0.1) is 0 Å². The van der Waals surface area contributed by atoms with Gasteiger partial charge in [0.2, 0.25) is 17.0 Å². The van der Waals surface area contributed by atoms with Crippen LogP contribution in [0.25, 0.3) is 5.69 Å². The lowest BCUT2D eigenvalue weighted by Gasteiger charge is -2.23. The van der Waals surface area contributed by atoms with Crippen molar-refractivity contribution in [2.45, 2.75) is 31.0 Å². The molecule has 3 rings (SSSR count). The highest BCUT2D eigenvalue weighted by Gasteiger charge is 2.39. The third-order valence-electron chi connectivity index (χ3n) is 4.13. The zero-order valence-corrected chi connectivity index (χ0v) is 17.0. The SMILES string of the molecule is CC(=O)Nc1cccc(-n2nnnc2SCC(=O)NC2(C)CCS(=O)(=O)C2)c1. The monoisotopic (exact) mass is 424 g/mol. The molecule has 2 aromatic rings. The van der Waals surface area contributed by atoms with Crippen molar-refractivity contribution in [3.63, 3.8) is 0 Å². The van der Waals surface area contributed by atoms with Gasteiger partial charge < -0.3 is 10.6 Å². The van der Waals surface area contributed by atoms with E-state index in [2.05, 4.69) is 26.2 Å². The van der Waals surface area contributed by atoms with Gasteiger partial charge in [-0.2, -0.15) is 4.68 Å². The van der Waals surface area contributed by atoms with Crippen molar-refractivity contribution < 1.29 is 18.0 Å². The Morgan fingerprint density at radius 2 is 2.14 bits per heavy atom. The van der Waals surface area contributed by atoms with E-state index in [0.717, 1.165) is 11.8 Å². The van der Waals surface area contributed by atoms with Crippen LogP contribution in [-0.2, 0) is 19.4 Å². The molecule has 0 saturated carbocycles. The molecule has 12 heteroatoms. The van der Waals surface area contributed by atoms with E-state index in [4.69, 9.17) is 0 Å². The van der Waals surface area contributed by atoms with Gasteiger partial charge in [0, 0.05) is 12.6 Å². The van der Waals surface area contributed by atoms with Crippen LogP contribution in [-0.4, -0.2) is 63.2 Å². The molecular weight excluding hydrogens is 404 g/mol. The molecule has 1 aromatic carbocycles. The Morgan fingerprint density at radius 1 is 1.36 bits per heavy atom. The highest BCUT2D eigenvalue weighted by Crippen LogP contribution is 2.24. The molecule has 2 heterocycles. The summed E-state index contributed by atoms with van der Waals surface area (Å²) in [5.41, 5.74) is 0.493. The molecule has 1 fully saturated rings. The summed E-state index contributed by atoms with van der Waals surface area (Å²) in [7, 11) is -3.10. The summed E-state index contributed by atoms with van der Waals surface area (Å²) in [6, 6.07) is 6.99. The smallest absolute Gasteiger partial charge is 0.230 e. The van der Waals surface area contributed by atoms with E-state index in [-0.39, 0.29) is 29.1 Å². The van der Waals surface area contributed by atoms with Gasteiger partial charge >= 0.3 is 0 Å². The first kappa shape index (κ1) is 20.3. The molecule has 0 spiro atoms. The third kappa shape index (κ3) is 5.07. The van der Waals surface area contributed by atoms with E-state index in [9.17, 15) is 18.0 Å². The molecule has 2 N–H and O–H groups in total. The summed E-state index contributed by atoms with van der Waals surface area (Å²) in [5, 5.41) is 17.4. The zero-order valence-electron chi connectivity index (χ0n) is 15.4. The molecule has 10 nitrogen and oxygen atoms in total. The molecule has 150 valence electrons. The summed E-state index contributed by atoms with van der Waals surface area (Å²) in [6.07, 6.45) is 0.402. The fourth-order valence-corrected chi connectivity index (χ4v) is 5.75. The molecule has 1 aromatic heterocycles. The van der Waals surface area contributed by atoms with Crippen molar-refractivity contribution >= 4 is 39.1 Å². The first-order valence-corrected chi connectivity index (χ1v) is 11.3. The summed E-state index contributed by atoms with van der Waals surface area (Å²) in [5.74, 6) is -0.403. The number of nitrogens with one attached hydrogen (secondary N) is 2. The van der Waals surface area contributed by atoms with Gasteiger partial charge in [-0.25, -0.2) is 8.42 Å². The average molecular weight is 425 g/mol. The third-order valence-corrected chi connectivity index (χ3v) is 6.95. The molecule has 0 radical (unpaired) electrons. The van der Waals surface area contributed by atoms with Crippen LogP contribution < -0.4 is 10.6 Å². The van der Waals surface area contributed by atoms with Crippen molar-refractivity contribution in [3.05, 3.63) is 24.3 Å². The Bertz CT molecular complexity index is 1010. The first-order valence-electron chi connectivity index (χ1n) is 8.46. The lowest BCUT2D eigenvalue weighted by Crippen LogP contribution is -2.47. The number of tetrazole rings is 1. The Kier molecular flexibility index (Phi) is 5.70. The summed E-state index contributed by atoms with van der Waals surface area (Å²) < 4.78 is 24.8. The number of amides is 2. The fourth-order valence-electron chi connectivity index (χ4n) is 2.96. The standard InChI is InChI=1S/C16H20N6O4S2/c1-11(23)17-12-4-3-5-13(8-12)22-15(19-20-21-22)27-9-14(24)18-16(2)6-7-28(25,26)10-16/h3-5,8H,6-7,9-10H2,1-2H3,(H,17,23)(H,18,24). The van der Waals surface area contributed by atoms with E-state index in [1.807, 2.05) is 0 Å². The van der Waals surface area contributed by atoms with Gasteiger partial charge in [0.15, 0.2) is 9.84 Å². The number of hydrogen-bond acceptors (Lipinski definition) is 8.